The van der Waals surface area contributed by atoms with Crippen LogP contribution in [0, 0.1) is 5.82 Å². The van der Waals surface area contributed by atoms with Crippen molar-refractivity contribution in [1.29, 1.82) is 0 Å². The standard InChI is InChI=1S/C20H21FN2O2/c1-14(24)23(2)18-9-7-17(8-10-18)22-19(25)20(11-4-12-20)15-5-3-6-16(21)13-15/h3,5-10,13H,4,11-12H2,1-2H3,(H,22,25). The van der Waals surface area contributed by atoms with Gasteiger partial charge in [-0.1, -0.05) is 18.6 Å². The lowest BCUT2D eigenvalue weighted by Gasteiger charge is -2.40. The topological polar surface area (TPSA) is 49.4 Å². The van der Waals surface area contributed by atoms with Crippen molar-refractivity contribution in [3.05, 3.63) is 59.9 Å². The van der Waals surface area contributed by atoms with Crippen LogP contribution in [0.25, 0.3) is 0 Å². The molecule has 2 amide bonds. The smallest absolute Gasteiger partial charge is 0.235 e. The fourth-order valence-corrected chi connectivity index (χ4v) is 3.16. The molecule has 0 spiro atoms. The number of anilines is 2. The second-order valence-electron chi connectivity index (χ2n) is 6.53. The SMILES string of the molecule is CC(=O)N(C)c1ccc(NC(=O)C2(c3cccc(F)c3)CCC2)cc1. The van der Waals surface area contributed by atoms with Gasteiger partial charge in [-0.3, -0.25) is 9.59 Å². The summed E-state index contributed by atoms with van der Waals surface area (Å²) in [5.74, 6) is -0.499. The van der Waals surface area contributed by atoms with Gasteiger partial charge in [0.05, 0.1) is 5.41 Å². The lowest BCUT2D eigenvalue weighted by molar-refractivity contribution is -0.124. The number of nitrogens with one attached hydrogen (secondary N) is 1. The first-order chi connectivity index (χ1) is 11.9. The monoisotopic (exact) mass is 340 g/mol. The zero-order chi connectivity index (χ0) is 18.0. The highest BCUT2D eigenvalue weighted by Crippen LogP contribution is 2.44. The van der Waals surface area contributed by atoms with E-state index >= 15 is 0 Å². The number of rotatable bonds is 4. The Morgan fingerprint density at radius 2 is 1.80 bits per heavy atom. The van der Waals surface area contributed by atoms with E-state index in [4.69, 9.17) is 0 Å². The molecule has 0 heterocycles. The van der Waals surface area contributed by atoms with Crippen molar-refractivity contribution in [2.24, 2.45) is 0 Å². The summed E-state index contributed by atoms with van der Waals surface area (Å²) in [5.41, 5.74) is 1.49. The largest absolute Gasteiger partial charge is 0.325 e. The first-order valence-corrected chi connectivity index (χ1v) is 8.34. The summed E-state index contributed by atoms with van der Waals surface area (Å²) in [7, 11) is 1.70. The summed E-state index contributed by atoms with van der Waals surface area (Å²) in [6.07, 6.45) is 2.38. The molecule has 130 valence electrons. The van der Waals surface area contributed by atoms with Gasteiger partial charge in [0.15, 0.2) is 0 Å². The molecule has 3 rings (SSSR count). The Morgan fingerprint density at radius 1 is 1.12 bits per heavy atom. The minimum Gasteiger partial charge on any atom is -0.325 e. The van der Waals surface area contributed by atoms with Crippen LogP contribution in [0.1, 0.15) is 31.7 Å². The van der Waals surface area contributed by atoms with Crippen LogP contribution in [-0.4, -0.2) is 18.9 Å². The third-order valence-electron chi connectivity index (χ3n) is 5.00. The van der Waals surface area contributed by atoms with Crippen molar-refractivity contribution in [1.82, 2.24) is 0 Å². The van der Waals surface area contributed by atoms with Gasteiger partial charge in [0.25, 0.3) is 0 Å². The van der Waals surface area contributed by atoms with E-state index in [1.807, 2.05) is 6.07 Å². The normalized spacial score (nSPS) is 15.2. The zero-order valence-electron chi connectivity index (χ0n) is 14.4. The maximum Gasteiger partial charge on any atom is 0.235 e. The number of carbonyl (C=O) groups excluding carboxylic acids is 2. The summed E-state index contributed by atoms with van der Waals surface area (Å²) in [5, 5.41) is 2.93. The van der Waals surface area contributed by atoms with Crippen LogP contribution in [0.4, 0.5) is 15.8 Å². The molecule has 1 aliphatic carbocycles. The minimum absolute atomic E-state index is 0.0590. The van der Waals surface area contributed by atoms with E-state index in [-0.39, 0.29) is 17.6 Å². The molecule has 4 nitrogen and oxygen atoms in total. The van der Waals surface area contributed by atoms with Crippen molar-refractivity contribution in [2.45, 2.75) is 31.6 Å². The Kier molecular flexibility index (Phi) is 4.57. The molecule has 2 aromatic carbocycles. The van der Waals surface area contributed by atoms with E-state index in [1.165, 1.54) is 24.0 Å². The Balaban J connectivity index is 1.78. The molecule has 2 aromatic rings. The highest BCUT2D eigenvalue weighted by molar-refractivity contribution is 6.00. The van der Waals surface area contributed by atoms with Crippen LogP contribution in [0.5, 0.6) is 0 Å². The van der Waals surface area contributed by atoms with Gasteiger partial charge in [0.2, 0.25) is 11.8 Å². The summed E-state index contributed by atoms with van der Waals surface area (Å²) in [4.78, 5) is 25.8. The van der Waals surface area contributed by atoms with E-state index in [9.17, 15) is 14.0 Å². The molecule has 0 unspecified atom stereocenters. The van der Waals surface area contributed by atoms with Gasteiger partial charge in [-0.25, -0.2) is 4.39 Å². The third kappa shape index (κ3) is 3.27. The fourth-order valence-electron chi connectivity index (χ4n) is 3.16. The first kappa shape index (κ1) is 17.1. The van der Waals surface area contributed by atoms with Crippen molar-refractivity contribution >= 4 is 23.2 Å². The lowest BCUT2D eigenvalue weighted by atomic mass is 9.63. The van der Waals surface area contributed by atoms with Gasteiger partial charge in [0.1, 0.15) is 5.82 Å². The molecule has 0 radical (unpaired) electrons. The summed E-state index contributed by atoms with van der Waals surface area (Å²) < 4.78 is 13.6. The lowest BCUT2D eigenvalue weighted by Crippen LogP contribution is -2.46. The van der Waals surface area contributed by atoms with E-state index in [0.29, 0.717) is 18.5 Å². The highest BCUT2D eigenvalue weighted by Gasteiger charge is 2.45. The van der Waals surface area contributed by atoms with E-state index in [0.717, 1.165) is 17.7 Å². The number of nitrogens with zero attached hydrogens (tertiary/aromatic N) is 1. The highest BCUT2D eigenvalue weighted by atomic mass is 19.1. The van der Waals surface area contributed by atoms with Crippen LogP contribution in [-0.2, 0) is 15.0 Å². The van der Waals surface area contributed by atoms with E-state index in [1.54, 1.807) is 37.4 Å². The first-order valence-electron chi connectivity index (χ1n) is 8.34. The van der Waals surface area contributed by atoms with Gasteiger partial charge in [-0.05, 0) is 54.8 Å². The van der Waals surface area contributed by atoms with Crippen LogP contribution in [0.3, 0.4) is 0 Å². The average Bonchev–Trinajstić information content (AvgIpc) is 2.54. The number of halogens is 1. The Labute approximate surface area is 146 Å². The molecule has 1 aliphatic rings. The number of hydrogen-bond donors (Lipinski definition) is 1. The molecular formula is C20H21FN2O2. The second kappa shape index (κ2) is 6.67. The van der Waals surface area contributed by atoms with E-state index in [2.05, 4.69) is 5.32 Å². The van der Waals surface area contributed by atoms with Gasteiger partial charge >= 0.3 is 0 Å². The van der Waals surface area contributed by atoms with Crippen molar-refractivity contribution in [3.8, 4) is 0 Å². The second-order valence-corrected chi connectivity index (χ2v) is 6.53. The van der Waals surface area contributed by atoms with Crippen LogP contribution < -0.4 is 10.2 Å². The predicted molar refractivity (Wildman–Crippen MR) is 96.1 cm³/mol. The molecule has 25 heavy (non-hydrogen) atoms. The fraction of sp³-hybridized carbons (Fsp3) is 0.300. The van der Waals surface area contributed by atoms with Gasteiger partial charge in [-0.15, -0.1) is 0 Å². The Morgan fingerprint density at radius 3 is 2.32 bits per heavy atom. The van der Waals surface area contributed by atoms with Gasteiger partial charge in [-0.2, -0.15) is 0 Å². The molecule has 0 bridgehead atoms. The molecule has 1 fully saturated rings. The maximum absolute atomic E-state index is 13.6. The molecule has 0 aliphatic heterocycles. The van der Waals surface area contributed by atoms with Gasteiger partial charge < -0.3 is 10.2 Å². The Hall–Kier alpha value is -2.69. The molecule has 0 aromatic heterocycles. The van der Waals surface area contributed by atoms with Crippen molar-refractivity contribution in [2.75, 3.05) is 17.3 Å². The van der Waals surface area contributed by atoms with Crippen LogP contribution in [0.15, 0.2) is 48.5 Å². The number of hydrogen-bond acceptors (Lipinski definition) is 2. The predicted octanol–water partition coefficient (Wildman–Crippen LogP) is 3.87. The third-order valence-corrected chi connectivity index (χ3v) is 5.00. The van der Waals surface area contributed by atoms with Gasteiger partial charge in [0, 0.05) is 25.3 Å². The molecule has 1 saturated carbocycles. The van der Waals surface area contributed by atoms with Crippen LogP contribution in [0.2, 0.25) is 0 Å². The molecule has 1 N–H and O–H groups in total. The minimum atomic E-state index is -0.656. The zero-order valence-corrected chi connectivity index (χ0v) is 14.4. The van der Waals surface area contributed by atoms with E-state index < -0.39 is 5.41 Å². The average molecular weight is 340 g/mol. The number of benzene rings is 2. The summed E-state index contributed by atoms with van der Waals surface area (Å²) in [6.45, 7) is 1.50. The molecule has 0 saturated heterocycles. The molecule has 5 heteroatoms. The summed E-state index contributed by atoms with van der Waals surface area (Å²) >= 11 is 0. The van der Waals surface area contributed by atoms with Crippen molar-refractivity contribution in [3.63, 3.8) is 0 Å². The number of carbonyl (C=O) groups is 2. The number of amides is 2. The van der Waals surface area contributed by atoms with Crippen LogP contribution >= 0.6 is 0 Å². The summed E-state index contributed by atoms with van der Waals surface area (Å²) in [6, 6.07) is 13.4. The molecular weight excluding hydrogens is 319 g/mol. The molecule has 0 atom stereocenters. The quantitative estimate of drug-likeness (QED) is 0.918. The van der Waals surface area contributed by atoms with Crippen molar-refractivity contribution < 1.29 is 14.0 Å². The Bertz CT molecular complexity index is 798. The maximum atomic E-state index is 13.6.